The SMILES string of the molecule is CC1(C#N)CC(F)[C@@](C)(c2cc([N+](=O)[O-])ccc2F)N=C1N. The van der Waals surface area contributed by atoms with Crippen LogP contribution in [0.25, 0.3) is 0 Å². The smallest absolute Gasteiger partial charge is 0.270 e. The third kappa shape index (κ3) is 2.28. The number of nitro benzene ring substituents is 1. The van der Waals surface area contributed by atoms with Gasteiger partial charge in [-0.3, -0.25) is 15.1 Å². The lowest BCUT2D eigenvalue weighted by Gasteiger charge is -2.39. The van der Waals surface area contributed by atoms with Crippen LogP contribution in [0.3, 0.4) is 0 Å². The first-order chi connectivity index (χ1) is 10.1. The zero-order chi connectivity index (χ0) is 16.7. The van der Waals surface area contributed by atoms with E-state index in [0.717, 1.165) is 18.2 Å². The van der Waals surface area contributed by atoms with E-state index >= 15 is 0 Å². The number of aliphatic imine (C=N–C) groups is 1. The molecule has 22 heavy (non-hydrogen) atoms. The molecular formula is C14H14F2N4O2. The predicted octanol–water partition coefficient (Wildman–Crippen LogP) is 2.58. The van der Waals surface area contributed by atoms with E-state index in [1.165, 1.54) is 13.8 Å². The maximum atomic E-state index is 14.6. The van der Waals surface area contributed by atoms with Gasteiger partial charge >= 0.3 is 0 Å². The van der Waals surface area contributed by atoms with E-state index in [9.17, 15) is 18.9 Å². The average Bonchev–Trinajstić information content (AvgIpc) is 2.45. The average molecular weight is 308 g/mol. The summed E-state index contributed by atoms with van der Waals surface area (Å²) < 4.78 is 28.7. The minimum atomic E-state index is -1.71. The predicted molar refractivity (Wildman–Crippen MR) is 75.3 cm³/mol. The molecule has 1 aliphatic rings. The van der Waals surface area contributed by atoms with Crippen molar-refractivity contribution in [2.45, 2.75) is 32.0 Å². The molecular weight excluding hydrogens is 294 g/mol. The van der Waals surface area contributed by atoms with Crippen molar-refractivity contribution in [3.63, 3.8) is 0 Å². The van der Waals surface area contributed by atoms with Gasteiger partial charge in [0, 0.05) is 24.1 Å². The van der Waals surface area contributed by atoms with Crippen LogP contribution in [0.15, 0.2) is 23.2 Å². The Morgan fingerprint density at radius 2 is 2.18 bits per heavy atom. The summed E-state index contributed by atoms with van der Waals surface area (Å²) in [5.41, 5.74) is 2.14. The summed E-state index contributed by atoms with van der Waals surface area (Å²) in [4.78, 5) is 14.1. The minimum Gasteiger partial charge on any atom is -0.386 e. The number of non-ortho nitro benzene ring substituents is 1. The Bertz CT molecular complexity index is 715. The number of rotatable bonds is 2. The molecule has 116 valence electrons. The van der Waals surface area contributed by atoms with Crippen molar-refractivity contribution in [1.29, 1.82) is 5.26 Å². The lowest BCUT2D eigenvalue weighted by atomic mass is 9.73. The molecule has 0 aliphatic carbocycles. The van der Waals surface area contributed by atoms with Crippen LogP contribution < -0.4 is 5.73 Å². The number of nitrogens with two attached hydrogens (primary N) is 1. The lowest BCUT2D eigenvalue weighted by molar-refractivity contribution is -0.385. The van der Waals surface area contributed by atoms with Crippen LogP contribution in [0.1, 0.15) is 25.8 Å². The quantitative estimate of drug-likeness (QED) is 0.669. The van der Waals surface area contributed by atoms with Gasteiger partial charge in [0.1, 0.15) is 28.8 Å². The molecule has 2 unspecified atom stereocenters. The third-order valence-electron chi connectivity index (χ3n) is 4.07. The fourth-order valence-electron chi connectivity index (χ4n) is 2.45. The Morgan fingerprint density at radius 3 is 2.73 bits per heavy atom. The first-order valence-corrected chi connectivity index (χ1v) is 6.49. The highest BCUT2D eigenvalue weighted by molar-refractivity contribution is 5.90. The zero-order valence-corrected chi connectivity index (χ0v) is 12.0. The highest BCUT2D eigenvalue weighted by atomic mass is 19.1. The van der Waals surface area contributed by atoms with Gasteiger partial charge in [0.05, 0.1) is 11.0 Å². The summed E-state index contributed by atoms with van der Waals surface area (Å²) in [6.45, 7) is 2.76. The maximum absolute atomic E-state index is 14.6. The molecule has 0 bridgehead atoms. The molecule has 0 fully saturated rings. The van der Waals surface area contributed by atoms with Gasteiger partial charge in [-0.25, -0.2) is 8.78 Å². The van der Waals surface area contributed by atoms with E-state index in [-0.39, 0.29) is 23.5 Å². The largest absolute Gasteiger partial charge is 0.386 e. The summed E-state index contributed by atoms with van der Waals surface area (Å²) >= 11 is 0. The number of hydrogen-bond donors (Lipinski definition) is 1. The molecule has 0 radical (unpaired) electrons. The fraction of sp³-hybridized carbons (Fsp3) is 0.429. The molecule has 0 amide bonds. The number of alkyl halides is 1. The molecule has 0 saturated carbocycles. The number of nitrogens with zero attached hydrogens (tertiary/aromatic N) is 3. The lowest BCUT2D eigenvalue weighted by Crippen LogP contribution is -2.48. The van der Waals surface area contributed by atoms with Crippen molar-refractivity contribution in [1.82, 2.24) is 0 Å². The van der Waals surface area contributed by atoms with E-state index in [4.69, 9.17) is 11.0 Å². The van der Waals surface area contributed by atoms with Crippen LogP contribution in [0, 0.1) is 32.7 Å². The number of hydrogen-bond acceptors (Lipinski definition) is 5. The standard InChI is InChI=1S/C14H14F2N4O2/c1-13(7-17)6-11(16)14(2,19-12(13)18)9-5-8(20(21)22)3-4-10(9)15/h3-5,11H,6H2,1-2H3,(H2,18,19)/t11?,13?,14-/m1/s1. The molecule has 2 N–H and O–H groups in total. The highest BCUT2D eigenvalue weighted by Crippen LogP contribution is 2.44. The van der Waals surface area contributed by atoms with Crippen LogP contribution in [0.2, 0.25) is 0 Å². The molecule has 1 aromatic carbocycles. The second kappa shape index (κ2) is 5.02. The number of halogens is 2. The molecule has 0 aromatic heterocycles. The van der Waals surface area contributed by atoms with Gasteiger partial charge in [-0.1, -0.05) is 0 Å². The van der Waals surface area contributed by atoms with Crippen LogP contribution in [0.4, 0.5) is 14.5 Å². The Morgan fingerprint density at radius 1 is 1.55 bits per heavy atom. The summed E-state index contributed by atoms with van der Waals surface area (Å²) in [6, 6.07) is 4.74. The second-order valence-corrected chi connectivity index (χ2v) is 5.68. The Kier molecular flexibility index (Phi) is 3.61. The molecule has 8 heteroatoms. The van der Waals surface area contributed by atoms with Gasteiger partial charge in [0.15, 0.2) is 0 Å². The summed E-state index contributed by atoms with van der Waals surface area (Å²) in [7, 11) is 0. The number of nitriles is 1. The van der Waals surface area contributed by atoms with Crippen LogP contribution in [-0.4, -0.2) is 16.9 Å². The Hall–Kier alpha value is -2.56. The molecule has 0 spiro atoms. The second-order valence-electron chi connectivity index (χ2n) is 5.68. The fourth-order valence-corrected chi connectivity index (χ4v) is 2.45. The molecule has 1 heterocycles. The van der Waals surface area contributed by atoms with Crippen molar-refractivity contribution >= 4 is 11.5 Å². The molecule has 1 aromatic rings. The number of amidine groups is 1. The monoisotopic (exact) mass is 308 g/mol. The summed E-state index contributed by atoms with van der Waals surface area (Å²) in [5.74, 6) is -0.926. The van der Waals surface area contributed by atoms with Gasteiger partial charge in [0.25, 0.3) is 5.69 Å². The van der Waals surface area contributed by atoms with Gasteiger partial charge < -0.3 is 5.73 Å². The van der Waals surface area contributed by atoms with Crippen molar-refractivity contribution in [2.24, 2.45) is 16.1 Å². The van der Waals surface area contributed by atoms with Crippen molar-refractivity contribution < 1.29 is 13.7 Å². The molecule has 6 nitrogen and oxygen atoms in total. The van der Waals surface area contributed by atoms with E-state index in [1.807, 2.05) is 6.07 Å². The third-order valence-corrected chi connectivity index (χ3v) is 4.07. The van der Waals surface area contributed by atoms with Gasteiger partial charge in [-0.2, -0.15) is 5.26 Å². The molecule has 0 saturated heterocycles. The molecule has 3 atom stereocenters. The van der Waals surface area contributed by atoms with Crippen LogP contribution in [0.5, 0.6) is 0 Å². The van der Waals surface area contributed by atoms with Crippen molar-refractivity contribution in [3.05, 3.63) is 39.7 Å². The summed E-state index contributed by atoms with van der Waals surface area (Å²) in [5, 5.41) is 19.9. The Balaban J connectivity index is 2.63. The first-order valence-electron chi connectivity index (χ1n) is 6.49. The normalized spacial score (nSPS) is 31.2. The van der Waals surface area contributed by atoms with Gasteiger partial charge in [-0.05, 0) is 19.9 Å². The van der Waals surface area contributed by atoms with E-state index in [2.05, 4.69) is 4.99 Å². The van der Waals surface area contributed by atoms with Crippen LogP contribution >= 0.6 is 0 Å². The Labute approximate surface area is 125 Å². The van der Waals surface area contributed by atoms with E-state index < -0.39 is 27.9 Å². The number of benzene rings is 1. The molecule has 2 rings (SSSR count). The van der Waals surface area contributed by atoms with Crippen LogP contribution in [-0.2, 0) is 5.54 Å². The zero-order valence-electron chi connectivity index (χ0n) is 12.0. The number of nitro groups is 1. The van der Waals surface area contributed by atoms with E-state index in [0.29, 0.717) is 0 Å². The van der Waals surface area contributed by atoms with Crippen molar-refractivity contribution in [2.75, 3.05) is 0 Å². The minimum absolute atomic E-state index is 0.114. The van der Waals surface area contributed by atoms with Crippen molar-refractivity contribution in [3.8, 4) is 6.07 Å². The molecule has 1 aliphatic heterocycles. The van der Waals surface area contributed by atoms with E-state index in [1.54, 1.807) is 0 Å². The maximum Gasteiger partial charge on any atom is 0.270 e. The topological polar surface area (TPSA) is 105 Å². The van der Waals surface area contributed by atoms with Gasteiger partial charge in [0.2, 0.25) is 0 Å². The van der Waals surface area contributed by atoms with Gasteiger partial charge in [-0.15, -0.1) is 0 Å². The summed E-state index contributed by atoms with van der Waals surface area (Å²) in [6.07, 6.45) is -1.97. The highest BCUT2D eigenvalue weighted by Gasteiger charge is 2.49. The first kappa shape index (κ1) is 15.8.